The van der Waals surface area contributed by atoms with Crippen molar-refractivity contribution in [3.05, 3.63) is 107 Å². The molecule has 0 fully saturated rings. The zero-order chi connectivity index (χ0) is 20.2. The van der Waals surface area contributed by atoms with Crippen LogP contribution in [0.4, 0.5) is 8.78 Å². The molecule has 0 saturated carbocycles. The molecule has 3 aromatic carbocycles. The molecular weight excluding hydrogens is 376 g/mol. The average Bonchev–Trinajstić information content (AvgIpc) is 3.07. The third-order valence-electron chi connectivity index (χ3n) is 4.15. The molecule has 0 atom stereocenters. The van der Waals surface area contributed by atoms with E-state index in [2.05, 4.69) is 4.99 Å². The lowest BCUT2D eigenvalue weighted by Crippen LogP contribution is -2.05. The van der Waals surface area contributed by atoms with Gasteiger partial charge in [0.2, 0.25) is 5.90 Å². The van der Waals surface area contributed by atoms with E-state index in [1.807, 2.05) is 0 Å². The van der Waals surface area contributed by atoms with E-state index in [0.717, 1.165) is 0 Å². The number of halogens is 2. The molecule has 0 bridgehead atoms. The summed E-state index contributed by atoms with van der Waals surface area (Å²) in [6.07, 6.45) is 1.56. The molecule has 0 saturated heterocycles. The topological polar surface area (TPSA) is 47.9 Å². The molecule has 144 valence electrons. The molecule has 1 aliphatic rings. The zero-order valence-electron chi connectivity index (χ0n) is 15.1. The maximum atomic E-state index is 13.4. The first-order valence-electron chi connectivity index (χ1n) is 8.83. The van der Waals surface area contributed by atoms with Crippen molar-refractivity contribution < 1.29 is 23.0 Å². The Morgan fingerprint density at radius 2 is 1.69 bits per heavy atom. The van der Waals surface area contributed by atoms with Gasteiger partial charge in [0, 0.05) is 5.56 Å². The number of ether oxygens (including phenoxy) is 2. The van der Waals surface area contributed by atoms with Crippen molar-refractivity contribution in [2.24, 2.45) is 4.99 Å². The number of nitrogens with zero attached hydrogens (tertiary/aromatic N) is 1. The minimum absolute atomic E-state index is 0.0549. The predicted octanol–water partition coefficient (Wildman–Crippen LogP) is 4.89. The quantitative estimate of drug-likeness (QED) is 0.460. The van der Waals surface area contributed by atoms with Crippen LogP contribution < -0.4 is 4.74 Å². The third kappa shape index (κ3) is 4.55. The number of carbonyl (C=O) groups excluding carboxylic acids is 1. The van der Waals surface area contributed by atoms with Crippen molar-refractivity contribution in [1.29, 1.82) is 0 Å². The van der Waals surface area contributed by atoms with Crippen LogP contribution in [-0.4, -0.2) is 11.9 Å². The van der Waals surface area contributed by atoms with Gasteiger partial charge in [0.25, 0.3) is 0 Å². The molecule has 0 unspecified atom stereocenters. The highest BCUT2D eigenvalue weighted by Crippen LogP contribution is 2.22. The first-order valence-corrected chi connectivity index (χ1v) is 8.83. The second-order valence-electron chi connectivity index (χ2n) is 6.34. The molecule has 0 aliphatic carbocycles. The maximum absolute atomic E-state index is 13.4. The summed E-state index contributed by atoms with van der Waals surface area (Å²) in [5, 5.41) is 0. The van der Waals surface area contributed by atoms with E-state index in [9.17, 15) is 13.6 Å². The number of benzene rings is 3. The van der Waals surface area contributed by atoms with Crippen molar-refractivity contribution in [3.8, 4) is 5.75 Å². The van der Waals surface area contributed by atoms with E-state index in [4.69, 9.17) is 9.47 Å². The second kappa shape index (κ2) is 8.06. The molecule has 1 heterocycles. The van der Waals surface area contributed by atoms with Crippen LogP contribution in [0.15, 0.2) is 83.5 Å². The van der Waals surface area contributed by atoms with Crippen LogP contribution in [0.1, 0.15) is 16.7 Å². The van der Waals surface area contributed by atoms with E-state index >= 15 is 0 Å². The average molecular weight is 391 g/mol. The van der Waals surface area contributed by atoms with Gasteiger partial charge in [0.1, 0.15) is 24.0 Å². The fourth-order valence-electron chi connectivity index (χ4n) is 2.80. The highest BCUT2D eigenvalue weighted by Gasteiger charge is 2.24. The number of hydrogen-bond acceptors (Lipinski definition) is 4. The predicted molar refractivity (Wildman–Crippen MR) is 104 cm³/mol. The molecule has 4 nitrogen and oxygen atoms in total. The summed E-state index contributed by atoms with van der Waals surface area (Å²) in [4.78, 5) is 16.3. The minimum Gasteiger partial charge on any atom is -0.489 e. The molecule has 3 aromatic rings. The van der Waals surface area contributed by atoms with E-state index in [1.54, 1.807) is 48.5 Å². The van der Waals surface area contributed by atoms with Gasteiger partial charge in [-0.1, -0.05) is 30.3 Å². The number of aliphatic imine (C=N–C) groups is 1. The molecular formula is C23H15F2NO3. The lowest BCUT2D eigenvalue weighted by Gasteiger charge is -2.07. The Kier molecular flexibility index (Phi) is 5.16. The van der Waals surface area contributed by atoms with Crippen molar-refractivity contribution in [3.63, 3.8) is 0 Å². The number of hydrogen-bond donors (Lipinski definition) is 0. The number of cyclic esters (lactones) is 1. The van der Waals surface area contributed by atoms with Crippen LogP contribution in [0.3, 0.4) is 0 Å². The van der Waals surface area contributed by atoms with Gasteiger partial charge >= 0.3 is 5.97 Å². The molecule has 0 N–H and O–H groups in total. The summed E-state index contributed by atoms with van der Waals surface area (Å²) in [6.45, 7) is 0.210. The Morgan fingerprint density at radius 3 is 2.48 bits per heavy atom. The van der Waals surface area contributed by atoms with E-state index in [1.165, 1.54) is 30.3 Å². The molecule has 0 radical (unpaired) electrons. The summed E-state index contributed by atoms with van der Waals surface area (Å²) in [5.74, 6) is -0.767. The summed E-state index contributed by atoms with van der Waals surface area (Å²) in [5.41, 5.74) is 1.87. The summed E-state index contributed by atoms with van der Waals surface area (Å²) < 4.78 is 37.5. The summed E-state index contributed by atoms with van der Waals surface area (Å²) >= 11 is 0. The normalized spacial score (nSPS) is 14.6. The first-order chi connectivity index (χ1) is 14.1. The molecule has 0 spiro atoms. The van der Waals surface area contributed by atoms with Crippen molar-refractivity contribution in [2.75, 3.05) is 0 Å². The van der Waals surface area contributed by atoms with Crippen LogP contribution in [0.5, 0.6) is 5.75 Å². The summed E-state index contributed by atoms with van der Waals surface area (Å²) in [6, 6.07) is 18.9. The largest absolute Gasteiger partial charge is 0.489 e. The molecule has 1 aliphatic heterocycles. The van der Waals surface area contributed by atoms with Gasteiger partial charge < -0.3 is 9.47 Å². The standard InChI is InChI=1S/C23H15F2NO3/c24-18-7-1-5-16(10-18)14-28-20-9-2-4-15(11-20)12-21-23(27)29-22(26-21)17-6-3-8-19(25)13-17/h1-13H,14H2/b21-12-. The van der Waals surface area contributed by atoms with Gasteiger partial charge in [-0.25, -0.2) is 18.6 Å². The smallest absolute Gasteiger partial charge is 0.363 e. The molecule has 4 rings (SSSR count). The Bertz CT molecular complexity index is 1140. The highest BCUT2D eigenvalue weighted by atomic mass is 19.1. The van der Waals surface area contributed by atoms with Gasteiger partial charge in [-0.05, 0) is 59.7 Å². The number of esters is 1. The first kappa shape index (κ1) is 18.6. The van der Waals surface area contributed by atoms with E-state index in [0.29, 0.717) is 22.4 Å². The van der Waals surface area contributed by atoms with Crippen LogP contribution >= 0.6 is 0 Å². The minimum atomic E-state index is -0.615. The summed E-state index contributed by atoms with van der Waals surface area (Å²) in [7, 11) is 0. The monoisotopic (exact) mass is 391 g/mol. The van der Waals surface area contributed by atoms with Gasteiger partial charge in [0.05, 0.1) is 0 Å². The van der Waals surface area contributed by atoms with Crippen LogP contribution in [-0.2, 0) is 16.1 Å². The lowest BCUT2D eigenvalue weighted by molar-refractivity contribution is -0.129. The van der Waals surface area contributed by atoms with E-state index < -0.39 is 11.8 Å². The Morgan fingerprint density at radius 1 is 0.931 bits per heavy atom. The fraction of sp³-hybridized carbons (Fsp3) is 0.0435. The molecule has 6 heteroatoms. The van der Waals surface area contributed by atoms with Gasteiger partial charge in [0.15, 0.2) is 5.70 Å². The van der Waals surface area contributed by atoms with Gasteiger partial charge in [-0.2, -0.15) is 0 Å². The Labute approximate surface area is 165 Å². The highest BCUT2D eigenvalue weighted by molar-refractivity contribution is 6.12. The SMILES string of the molecule is O=C1OC(c2cccc(F)c2)=N/C1=C\c1cccc(OCc2cccc(F)c2)c1. The lowest BCUT2D eigenvalue weighted by atomic mass is 10.2. The second-order valence-corrected chi connectivity index (χ2v) is 6.34. The van der Waals surface area contributed by atoms with Crippen molar-refractivity contribution in [2.45, 2.75) is 6.61 Å². The van der Waals surface area contributed by atoms with Gasteiger partial charge in [-0.15, -0.1) is 0 Å². The maximum Gasteiger partial charge on any atom is 0.363 e. The van der Waals surface area contributed by atoms with Gasteiger partial charge in [-0.3, -0.25) is 0 Å². The van der Waals surface area contributed by atoms with E-state index in [-0.39, 0.29) is 24.0 Å². The van der Waals surface area contributed by atoms with Crippen LogP contribution in [0, 0.1) is 11.6 Å². The zero-order valence-corrected chi connectivity index (χ0v) is 15.1. The third-order valence-corrected chi connectivity index (χ3v) is 4.15. The van der Waals surface area contributed by atoms with Crippen LogP contribution in [0.2, 0.25) is 0 Å². The fourth-order valence-corrected chi connectivity index (χ4v) is 2.80. The Hall–Kier alpha value is -3.80. The number of carbonyl (C=O) groups is 1. The molecule has 0 aromatic heterocycles. The number of rotatable bonds is 5. The van der Waals surface area contributed by atoms with Crippen molar-refractivity contribution in [1.82, 2.24) is 0 Å². The van der Waals surface area contributed by atoms with Crippen molar-refractivity contribution >= 4 is 17.9 Å². The molecule has 0 amide bonds. The Balaban J connectivity index is 1.52. The van der Waals surface area contributed by atoms with Crippen LogP contribution in [0.25, 0.3) is 6.08 Å². The molecule has 29 heavy (non-hydrogen) atoms.